The minimum atomic E-state index is -4.42. The molecule has 3 heterocycles. The third kappa shape index (κ3) is 9.32. The maximum atomic E-state index is 13.3. The zero-order valence-electron chi connectivity index (χ0n) is 28.6. The first-order valence-corrected chi connectivity index (χ1v) is 20.0. The molecule has 1 aliphatic heterocycles. The third-order valence-electron chi connectivity index (χ3n) is 8.36. The second kappa shape index (κ2) is 16.9. The molecule has 2 aromatic heterocycles. The Morgan fingerprint density at radius 3 is 2.43 bits per heavy atom. The van der Waals surface area contributed by atoms with Crippen LogP contribution in [-0.2, 0) is 10.0 Å². The molecule has 0 radical (unpaired) electrons. The van der Waals surface area contributed by atoms with Gasteiger partial charge in [0.25, 0.3) is 27.5 Å². The monoisotopic (exact) mass is 772 g/mol. The number of amides is 2. The van der Waals surface area contributed by atoms with E-state index in [-0.39, 0.29) is 17.2 Å². The van der Waals surface area contributed by atoms with E-state index in [0.29, 0.717) is 55.7 Å². The van der Waals surface area contributed by atoms with Gasteiger partial charge in [-0.2, -0.15) is 0 Å². The lowest BCUT2D eigenvalue weighted by Gasteiger charge is -2.36. The van der Waals surface area contributed by atoms with E-state index in [0.717, 1.165) is 27.8 Å². The van der Waals surface area contributed by atoms with E-state index in [1.54, 1.807) is 36.3 Å². The van der Waals surface area contributed by atoms with Crippen LogP contribution >= 0.6 is 23.1 Å². The van der Waals surface area contributed by atoms with E-state index < -0.39 is 31.4 Å². The summed E-state index contributed by atoms with van der Waals surface area (Å²) in [6.45, 7) is 4.99. The average molecular weight is 773 g/mol. The number of nitro benzene ring substituents is 1. The van der Waals surface area contributed by atoms with Crippen LogP contribution in [0.3, 0.4) is 0 Å². The summed E-state index contributed by atoms with van der Waals surface area (Å²) < 4.78 is 33.8. The molecule has 0 spiro atoms. The van der Waals surface area contributed by atoms with Crippen LogP contribution in [0.25, 0.3) is 11.1 Å². The topological polar surface area (TPSA) is 164 Å². The number of pyridine rings is 1. The molecule has 0 atom stereocenters. The molecular weight excluding hydrogens is 737 g/mol. The molecule has 1 aliphatic rings. The van der Waals surface area contributed by atoms with Crippen LogP contribution in [0.4, 0.5) is 17.1 Å². The van der Waals surface area contributed by atoms with Gasteiger partial charge in [-0.25, -0.2) is 13.1 Å². The zero-order chi connectivity index (χ0) is 37.4. The maximum Gasteiger partial charge on any atom is 0.293 e. The molecule has 1 saturated heterocycles. The molecule has 1 fully saturated rings. The van der Waals surface area contributed by atoms with Crippen molar-refractivity contribution in [1.82, 2.24) is 14.6 Å². The molecule has 13 nitrogen and oxygen atoms in total. The summed E-state index contributed by atoms with van der Waals surface area (Å²) in [5.41, 5.74) is 2.45. The van der Waals surface area contributed by atoms with Gasteiger partial charge in [0.05, 0.1) is 27.5 Å². The van der Waals surface area contributed by atoms with Gasteiger partial charge in [0.1, 0.15) is 11.4 Å². The Morgan fingerprint density at radius 2 is 1.72 bits per heavy atom. The van der Waals surface area contributed by atoms with E-state index >= 15 is 0 Å². The highest BCUT2D eigenvalue weighted by Gasteiger charge is 2.26. The number of piperazine rings is 1. The first-order chi connectivity index (χ1) is 25.6. The quantitative estimate of drug-likeness (QED) is 0.0556. The summed E-state index contributed by atoms with van der Waals surface area (Å²) in [5, 5.41) is 16.7. The van der Waals surface area contributed by atoms with Crippen molar-refractivity contribution in [1.29, 1.82) is 0 Å². The van der Waals surface area contributed by atoms with E-state index in [1.165, 1.54) is 35.6 Å². The van der Waals surface area contributed by atoms with Crippen molar-refractivity contribution in [2.24, 2.45) is 0 Å². The van der Waals surface area contributed by atoms with Crippen LogP contribution in [0.2, 0.25) is 0 Å². The molecule has 6 rings (SSSR count). The third-order valence-corrected chi connectivity index (χ3v) is 11.6. The van der Waals surface area contributed by atoms with Gasteiger partial charge in [0.15, 0.2) is 0 Å². The molecular formula is C37H36N6O7S3. The number of nitrogens with zero attached hydrogens (tertiary/aromatic N) is 4. The first-order valence-electron chi connectivity index (χ1n) is 16.7. The molecule has 0 unspecified atom stereocenters. The molecule has 0 aliphatic carbocycles. The van der Waals surface area contributed by atoms with Gasteiger partial charge in [0, 0.05) is 72.4 Å². The second-order valence-corrected chi connectivity index (χ2v) is 15.6. The van der Waals surface area contributed by atoms with E-state index in [4.69, 9.17) is 4.74 Å². The molecule has 2 amide bonds. The molecule has 0 bridgehead atoms. The average Bonchev–Trinajstić information content (AvgIpc) is 3.67. The minimum absolute atomic E-state index is 0.0442. The lowest BCUT2D eigenvalue weighted by molar-refractivity contribution is -0.384. The first kappa shape index (κ1) is 37.3. The highest BCUT2D eigenvalue weighted by molar-refractivity contribution is 7.99. The number of aromatic nitrogens is 1. The van der Waals surface area contributed by atoms with Crippen molar-refractivity contribution < 1.29 is 27.7 Å². The summed E-state index contributed by atoms with van der Waals surface area (Å²) in [6.07, 6.45) is 3.40. The minimum Gasteiger partial charge on any atom is -0.492 e. The van der Waals surface area contributed by atoms with Crippen LogP contribution in [0.5, 0.6) is 5.75 Å². The number of thioether (sulfide) groups is 1. The highest BCUT2D eigenvalue weighted by atomic mass is 32.2. The Morgan fingerprint density at radius 1 is 0.962 bits per heavy atom. The van der Waals surface area contributed by atoms with Gasteiger partial charge < -0.3 is 19.9 Å². The van der Waals surface area contributed by atoms with Crippen molar-refractivity contribution in [3.05, 3.63) is 123 Å². The molecule has 0 saturated carbocycles. The number of carbonyl (C=O) groups is 2. The molecule has 2 N–H and O–H groups in total. The van der Waals surface area contributed by atoms with E-state index in [1.807, 2.05) is 64.4 Å². The Bertz CT molecular complexity index is 2190. The van der Waals surface area contributed by atoms with Crippen molar-refractivity contribution >= 4 is 62.0 Å². The van der Waals surface area contributed by atoms with Crippen molar-refractivity contribution in [3.63, 3.8) is 0 Å². The maximum absolute atomic E-state index is 13.3. The Labute approximate surface area is 315 Å². The number of hydrogen-bond acceptors (Lipinski definition) is 12. The molecule has 16 heteroatoms. The number of benzene rings is 3. The van der Waals surface area contributed by atoms with Crippen molar-refractivity contribution in [3.8, 4) is 16.9 Å². The van der Waals surface area contributed by atoms with Gasteiger partial charge in [-0.05, 0) is 78.5 Å². The summed E-state index contributed by atoms with van der Waals surface area (Å²) in [4.78, 5) is 46.9. The predicted molar refractivity (Wildman–Crippen MR) is 207 cm³/mol. The normalized spacial score (nSPS) is 13.0. The lowest BCUT2D eigenvalue weighted by Crippen LogP contribution is -2.48. The smallest absolute Gasteiger partial charge is 0.293 e. The van der Waals surface area contributed by atoms with Crippen LogP contribution in [0.1, 0.15) is 27.0 Å². The largest absolute Gasteiger partial charge is 0.492 e. The van der Waals surface area contributed by atoms with E-state index in [2.05, 4.69) is 15.2 Å². The number of anilines is 2. The number of thiophene rings is 1. The van der Waals surface area contributed by atoms with Crippen LogP contribution in [0, 0.1) is 10.1 Å². The van der Waals surface area contributed by atoms with Gasteiger partial charge in [-0.15, -0.1) is 23.1 Å². The molecule has 5 aromatic rings. The van der Waals surface area contributed by atoms with E-state index in [9.17, 15) is 28.1 Å². The predicted octanol–water partition coefficient (Wildman–Crippen LogP) is 6.40. The number of sulfonamides is 1. The van der Waals surface area contributed by atoms with Gasteiger partial charge in [0.2, 0.25) is 0 Å². The van der Waals surface area contributed by atoms with Crippen LogP contribution < -0.4 is 19.7 Å². The number of ether oxygens (including phenoxy) is 1. The number of nitrogens with one attached hydrogen (secondary N) is 2. The summed E-state index contributed by atoms with van der Waals surface area (Å²) >= 11 is 2.97. The summed E-state index contributed by atoms with van der Waals surface area (Å²) in [6, 6.07) is 23.4. The van der Waals surface area contributed by atoms with Crippen molar-refractivity contribution in [2.75, 3.05) is 55.3 Å². The van der Waals surface area contributed by atoms with Gasteiger partial charge >= 0.3 is 0 Å². The van der Waals surface area contributed by atoms with Crippen LogP contribution in [-0.4, -0.2) is 80.1 Å². The van der Waals surface area contributed by atoms with Crippen LogP contribution in [0.15, 0.2) is 112 Å². The second-order valence-electron chi connectivity index (χ2n) is 11.8. The number of nitro groups is 1. The SMILES string of the molecule is CCOc1cncc(-c2csc(C(=O)N3CCN(c4ccc(C(=O)NS(=O)(=O)c5ccc(NCCSc6ccccc6)c([N+](=O)[O-])c5)cc4)CC3)c2)c1. The fourth-order valence-electron chi connectivity index (χ4n) is 5.66. The number of carbonyl (C=O) groups excluding carboxylic acids is 2. The number of hydrogen-bond donors (Lipinski definition) is 2. The molecule has 53 heavy (non-hydrogen) atoms. The Balaban J connectivity index is 1.02. The summed E-state index contributed by atoms with van der Waals surface area (Å²) in [7, 11) is -4.42. The van der Waals surface area contributed by atoms with Gasteiger partial charge in [-0.1, -0.05) is 18.2 Å². The standard InChI is InChI=1S/C37H36N6O7S3/c1-2-50-30-20-27(23-38-24-30)28-21-35(52-25-28)37(45)42-17-15-41(16-18-42)29-10-8-26(9-11-29)36(44)40-53(48,49)32-12-13-33(34(22-32)43(46)47)39-14-19-51-31-6-4-3-5-7-31/h3-13,20-25,39H,2,14-19H2,1H3,(H,40,44). The summed E-state index contributed by atoms with van der Waals surface area (Å²) in [5.74, 6) is 0.391. The Hall–Kier alpha value is -5.45. The fourth-order valence-corrected chi connectivity index (χ4v) is 8.33. The number of rotatable bonds is 14. The lowest BCUT2D eigenvalue weighted by atomic mass is 10.1. The van der Waals surface area contributed by atoms with Gasteiger partial charge in [-0.3, -0.25) is 24.7 Å². The zero-order valence-corrected chi connectivity index (χ0v) is 31.1. The Kier molecular flexibility index (Phi) is 11.9. The molecule has 274 valence electrons. The highest BCUT2D eigenvalue weighted by Crippen LogP contribution is 2.30. The molecule has 3 aromatic carbocycles. The fraction of sp³-hybridized carbons (Fsp3) is 0.216. The van der Waals surface area contributed by atoms with Crippen molar-refractivity contribution in [2.45, 2.75) is 16.7 Å².